The third kappa shape index (κ3) is 2.25. The van der Waals surface area contributed by atoms with E-state index in [1.54, 1.807) is 0 Å². The van der Waals surface area contributed by atoms with Crippen LogP contribution >= 0.6 is 11.8 Å². The van der Waals surface area contributed by atoms with Gasteiger partial charge in [0.2, 0.25) is 0 Å². The monoisotopic (exact) mass is 212 g/mol. The summed E-state index contributed by atoms with van der Waals surface area (Å²) in [5.74, 6) is 1.24. The van der Waals surface area contributed by atoms with E-state index in [1.165, 1.54) is 43.0 Å². The zero-order valence-corrected chi connectivity index (χ0v) is 9.83. The van der Waals surface area contributed by atoms with Crippen molar-refractivity contribution in [1.29, 1.82) is 0 Å². The largest absolute Gasteiger partial charge is 0.364 e. The van der Waals surface area contributed by atoms with Crippen molar-refractivity contribution in [3.8, 4) is 0 Å². The summed E-state index contributed by atoms with van der Waals surface area (Å²) >= 11 is 1.89. The summed E-state index contributed by atoms with van der Waals surface area (Å²) in [5.41, 5.74) is 0.612. The minimum Gasteiger partial charge on any atom is -0.364 e. The molecule has 2 aliphatic rings. The van der Waals surface area contributed by atoms with E-state index in [-0.39, 0.29) is 0 Å². The molecule has 1 saturated carbocycles. The number of hydrogen-bond donors (Lipinski definition) is 1. The fourth-order valence-corrected chi connectivity index (χ4v) is 2.99. The van der Waals surface area contributed by atoms with Crippen molar-refractivity contribution in [2.24, 2.45) is 10.4 Å². The molecule has 0 bridgehead atoms. The molecular formula is C11H20N2S. The van der Waals surface area contributed by atoms with Crippen LogP contribution in [-0.2, 0) is 0 Å². The summed E-state index contributed by atoms with van der Waals surface area (Å²) in [7, 11) is 0. The van der Waals surface area contributed by atoms with E-state index in [0.717, 1.165) is 13.1 Å². The lowest BCUT2D eigenvalue weighted by Gasteiger charge is -2.41. The predicted molar refractivity (Wildman–Crippen MR) is 64.0 cm³/mol. The maximum atomic E-state index is 4.49. The highest BCUT2D eigenvalue weighted by atomic mass is 32.2. The highest BCUT2D eigenvalue weighted by molar-refractivity contribution is 8.13. The van der Waals surface area contributed by atoms with E-state index in [2.05, 4.69) is 17.2 Å². The molecule has 2 rings (SSSR count). The molecule has 1 aliphatic carbocycles. The van der Waals surface area contributed by atoms with Gasteiger partial charge >= 0.3 is 0 Å². The lowest BCUT2D eigenvalue weighted by molar-refractivity contribution is 0.132. The van der Waals surface area contributed by atoms with Crippen molar-refractivity contribution in [3.05, 3.63) is 0 Å². The Labute approximate surface area is 90.9 Å². The zero-order valence-electron chi connectivity index (χ0n) is 9.01. The van der Waals surface area contributed by atoms with E-state index >= 15 is 0 Å². The number of thioether (sulfide) groups is 1. The Morgan fingerprint density at radius 3 is 2.79 bits per heavy atom. The first-order valence-corrected chi connectivity index (χ1v) is 6.74. The van der Waals surface area contributed by atoms with Gasteiger partial charge in [0.25, 0.3) is 0 Å². The molecule has 14 heavy (non-hydrogen) atoms. The Kier molecular flexibility index (Phi) is 3.37. The molecule has 3 heteroatoms. The van der Waals surface area contributed by atoms with Crippen LogP contribution in [0.3, 0.4) is 0 Å². The lowest BCUT2D eigenvalue weighted by Crippen LogP contribution is -2.41. The van der Waals surface area contributed by atoms with Gasteiger partial charge in [-0.2, -0.15) is 0 Å². The third-order valence-corrected chi connectivity index (χ3v) is 4.62. The SMILES string of the molecule is CCC1(CNC2=NCCCS2)CCC1. The van der Waals surface area contributed by atoms with Gasteiger partial charge < -0.3 is 5.32 Å². The van der Waals surface area contributed by atoms with Crippen LogP contribution in [0.1, 0.15) is 39.0 Å². The molecule has 1 fully saturated rings. The first-order chi connectivity index (χ1) is 6.85. The topological polar surface area (TPSA) is 24.4 Å². The summed E-state index contributed by atoms with van der Waals surface area (Å²) in [6.07, 6.45) is 6.81. The summed E-state index contributed by atoms with van der Waals surface area (Å²) in [6.45, 7) is 4.49. The van der Waals surface area contributed by atoms with Gasteiger partial charge in [0, 0.05) is 18.8 Å². The number of hydrogen-bond acceptors (Lipinski definition) is 3. The van der Waals surface area contributed by atoms with E-state index in [9.17, 15) is 0 Å². The normalized spacial score (nSPS) is 25.1. The second-order valence-electron chi connectivity index (χ2n) is 4.45. The molecule has 1 heterocycles. The van der Waals surface area contributed by atoms with Crippen molar-refractivity contribution in [2.75, 3.05) is 18.8 Å². The molecule has 1 aliphatic heterocycles. The smallest absolute Gasteiger partial charge is 0.156 e. The number of rotatable bonds is 3. The molecule has 0 aromatic rings. The standard InChI is InChI=1S/C11H20N2S/c1-2-11(5-3-6-11)9-13-10-12-7-4-8-14-10/h2-9H2,1H3,(H,12,13). The van der Waals surface area contributed by atoms with Crippen molar-refractivity contribution in [3.63, 3.8) is 0 Å². The Balaban J connectivity index is 1.78. The van der Waals surface area contributed by atoms with Gasteiger partial charge in [0.1, 0.15) is 0 Å². The molecule has 2 nitrogen and oxygen atoms in total. The number of amidine groups is 1. The summed E-state index contributed by atoms with van der Waals surface area (Å²) in [6, 6.07) is 0. The maximum absolute atomic E-state index is 4.49. The number of aliphatic imine (C=N–C) groups is 1. The van der Waals surface area contributed by atoms with Gasteiger partial charge in [0.15, 0.2) is 5.17 Å². The van der Waals surface area contributed by atoms with E-state index < -0.39 is 0 Å². The Morgan fingerprint density at radius 1 is 1.43 bits per heavy atom. The molecular weight excluding hydrogens is 192 g/mol. The average molecular weight is 212 g/mol. The molecule has 0 atom stereocenters. The van der Waals surface area contributed by atoms with E-state index in [1.807, 2.05) is 11.8 Å². The van der Waals surface area contributed by atoms with Crippen LogP contribution in [0.15, 0.2) is 4.99 Å². The van der Waals surface area contributed by atoms with E-state index in [4.69, 9.17) is 0 Å². The minimum atomic E-state index is 0.612. The second-order valence-corrected chi connectivity index (χ2v) is 5.53. The lowest BCUT2D eigenvalue weighted by atomic mass is 9.67. The molecule has 0 unspecified atom stereocenters. The van der Waals surface area contributed by atoms with Crippen LogP contribution in [0.25, 0.3) is 0 Å². The van der Waals surface area contributed by atoms with Crippen LogP contribution in [-0.4, -0.2) is 24.0 Å². The van der Waals surface area contributed by atoms with Crippen LogP contribution in [0.5, 0.6) is 0 Å². The van der Waals surface area contributed by atoms with Crippen molar-refractivity contribution >= 4 is 16.9 Å². The first-order valence-electron chi connectivity index (χ1n) is 5.76. The Morgan fingerprint density at radius 2 is 2.29 bits per heavy atom. The fraction of sp³-hybridized carbons (Fsp3) is 0.909. The Bertz CT molecular complexity index is 216. The molecule has 1 N–H and O–H groups in total. The van der Waals surface area contributed by atoms with Gasteiger partial charge in [-0.15, -0.1) is 0 Å². The van der Waals surface area contributed by atoms with Crippen molar-refractivity contribution in [2.45, 2.75) is 39.0 Å². The number of nitrogens with zero attached hydrogens (tertiary/aromatic N) is 1. The second kappa shape index (κ2) is 4.56. The van der Waals surface area contributed by atoms with Gasteiger partial charge in [-0.05, 0) is 31.1 Å². The average Bonchev–Trinajstić information content (AvgIpc) is 2.19. The van der Waals surface area contributed by atoms with Crippen molar-refractivity contribution < 1.29 is 0 Å². The van der Waals surface area contributed by atoms with Crippen LogP contribution in [0, 0.1) is 5.41 Å². The van der Waals surface area contributed by atoms with Gasteiger partial charge in [-0.1, -0.05) is 25.1 Å². The quantitative estimate of drug-likeness (QED) is 0.778. The van der Waals surface area contributed by atoms with Crippen molar-refractivity contribution in [1.82, 2.24) is 5.32 Å². The highest BCUT2D eigenvalue weighted by Crippen LogP contribution is 2.43. The summed E-state index contributed by atoms with van der Waals surface area (Å²) < 4.78 is 0. The Hall–Kier alpha value is -0.180. The van der Waals surface area contributed by atoms with Crippen LogP contribution in [0.4, 0.5) is 0 Å². The zero-order chi connectivity index (χ0) is 9.86. The van der Waals surface area contributed by atoms with Gasteiger partial charge in [-0.3, -0.25) is 4.99 Å². The maximum Gasteiger partial charge on any atom is 0.156 e. The number of nitrogens with one attached hydrogen (secondary N) is 1. The van der Waals surface area contributed by atoms with Gasteiger partial charge in [0.05, 0.1) is 0 Å². The predicted octanol–water partition coefficient (Wildman–Crippen LogP) is 2.65. The molecule has 0 aromatic heterocycles. The third-order valence-electron chi connectivity index (χ3n) is 3.58. The molecule has 0 radical (unpaired) electrons. The first kappa shape index (κ1) is 10.3. The van der Waals surface area contributed by atoms with Gasteiger partial charge in [-0.25, -0.2) is 0 Å². The molecule has 0 amide bonds. The fourth-order valence-electron chi connectivity index (χ4n) is 2.16. The molecule has 0 saturated heterocycles. The highest BCUT2D eigenvalue weighted by Gasteiger charge is 2.34. The minimum absolute atomic E-state index is 0.612. The molecule has 0 spiro atoms. The molecule has 80 valence electrons. The summed E-state index contributed by atoms with van der Waals surface area (Å²) in [4.78, 5) is 4.49. The van der Waals surface area contributed by atoms with Crippen LogP contribution in [0.2, 0.25) is 0 Å². The summed E-state index contributed by atoms with van der Waals surface area (Å²) in [5, 5.41) is 4.72. The van der Waals surface area contributed by atoms with E-state index in [0.29, 0.717) is 5.41 Å². The van der Waals surface area contributed by atoms with Crippen LogP contribution < -0.4 is 5.32 Å². The molecule has 0 aromatic carbocycles.